The number of nitrogens with zero attached hydrogens (tertiary/aromatic N) is 2. The maximum Gasteiger partial charge on any atom is 0.248 e. The molecule has 0 N–H and O–H groups in total. The van der Waals surface area contributed by atoms with Gasteiger partial charge in [0, 0.05) is 45.8 Å². The molecule has 0 saturated carbocycles. The summed E-state index contributed by atoms with van der Waals surface area (Å²) in [7, 11) is 1.59. The molecule has 2 unspecified atom stereocenters. The van der Waals surface area contributed by atoms with Crippen LogP contribution in [0, 0.1) is 18.8 Å². The van der Waals surface area contributed by atoms with Crippen LogP contribution in [-0.4, -0.2) is 55.6 Å². The number of aryl methyl sites for hydroxylation is 1. The smallest absolute Gasteiger partial charge is 0.248 e. The predicted molar refractivity (Wildman–Crippen MR) is 122 cm³/mol. The number of likely N-dealkylation sites (tertiary alicyclic amines) is 1. The number of ether oxygens (including phenoxy) is 1. The predicted octanol–water partition coefficient (Wildman–Crippen LogP) is 4.34. The van der Waals surface area contributed by atoms with E-state index in [1.54, 1.807) is 7.11 Å². The van der Waals surface area contributed by atoms with Crippen molar-refractivity contribution in [1.82, 2.24) is 9.80 Å². The molecular formula is C26H36N2O2. The molecule has 1 aliphatic heterocycles. The van der Waals surface area contributed by atoms with Crippen LogP contribution in [0.15, 0.2) is 54.6 Å². The number of benzene rings is 2. The number of carbonyl (C=O) groups excluding carboxylic acids is 1. The number of amides is 1. The van der Waals surface area contributed by atoms with E-state index in [2.05, 4.69) is 80.3 Å². The van der Waals surface area contributed by atoms with Crippen molar-refractivity contribution >= 4 is 5.91 Å². The minimum atomic E-state index is 0.0929. The fourth-order valence-corrected chi connectivity index (χ4v) is 4.52. The molecule has 0 radical (unpaired) electrons. The van der Waals surface area contributed by atoms with Crippen molar-refractivity contribution in [1.29, 1.82) is 0 Å². The van der Waals surface area contributed by atoms with E-state index in [9.17, 15) is 4.79 Å². The largest absolute Gasteiger partial charge is 0.375 e. The van der Waals surface area contributed by atoms with Crippen LogP contribution in [0.25, 0.3) is 0 Å². The molecule has 1 fully saturated rings. The Morgan fingerprint density at radius 2 is 1.80 bits per heavy atom. The van der Waals surface area contributed by atoms with E-state index >= 15 is 0 Å². The summed E-state index contributed by atoms with van der Waals surface area (Å²) < 4.78 is 5.15. The molecule has 0 bridgehead atoms. The fourth-order valence-electron chi connectivity index (χ4n) is 4.52. The summed E-state index contributed by atoms with van der Waals surface area (Å²) in [6.45, 7) is 11.2. The van der Waals surface area contributed by atoms with Crippen LogP contribution < -0.4 is 0 Å². The van der Waals surface area contributed by atoms with Gasteiger partial charge < -0.3 is 9.64 Å². The lowest BCUT2D eigenvalue weighted by atomic mass is 9.88. The van der Waals surface area contributed by atoms with E-state index in [1.165, 1.54) is 16.7 Å². The summed E-state index contributed by atoms with van der Waals surface area (Å²) in [5, 5.41) is 0. The summed E-state index contributed by atoms with van der Waals surface area (Å²) in [6, 6.07) is 19.6. The van der Waals surface area contributed by atoms with Crippen molar-refractivity contribution in [2.45, 2.75) is 33.2 Å². The Morgan fingerprint density at radius 3 is 2.43 bits per heavy atom. The second-order valence-corrected chi connectivity index (χ2v) is 9.08. The first-order chi connectivity index (χ1) is 14.5. The van der Waals surface area contributed by atoms with E-state index in [0.29, 0.717) is 17.8 Å². The van der Waals surface area contributed by atoms with Gasteiger partial charge in [-0.2, -0.15) is 0 Å². The molecule has 2 aromatic rings. The third-order valence-corrected chi connectivity index (χ3v) is 5.93. The van der Waals surface area contributed by atoms with Crippen LogP contribution in [0.5, 0.6) is 0 Å². The van der Waals surface area contributed by atoms with Gasteiger partial charge in [-0.25, -0.2) is 0 Å². The van der Waals surface area contributed by atoms with Gasteiger partial charge in [0.25, 0.3) is 0 Å². The Balaban J connectivity index is 1.79. The van der Waals surface area contributed by atoms with Gasteiger partial charge in [-0.05, 0) is 29.9 Å². The Morgan fingerprint density at radius 1 is 1.10 bits per heavy atom. The molecule has 4 nitrogen and oxygen atoms in total. The fraction of sp³-hybridized carbons (Fsp3) is 0.500. The highest BCUT2D eigenvalue weighted by Crippen LogP contribution is 2.34. The van der Waals surface area contributed by atoms with Crippen molar-refractivity contribution in [3.05, 3.63) is 71.3 Å². The first kappa shape index (κ1) is 22.5. The lowest BCUT2D eigenvalue weighted by molar-refractivity contribution is -0.136. The van der Waals surface area contributed by atoms with Crippen molar-refractivity contribution in [3.63, 3.8) is 0 Å². The van der Waals surface area contributed by atoms with Crippen LogP contribution in [0.3, 0.4) is 0 Å². The third kappa shape index (κ3) is 6.16. The van der Waals surface area contributed by atoms with Crippen LogP contribution >= 0.6 is 0 Å². The molecule has 3 rings (SSSR count). The highest BCUT2D eigenvalue weighted by molar-refractivity contribution is 5.77. The average molecular weight is 409 g/mol. The molecule has 0 aliphatic carbocycles. The van der Waals surface area contributed by atoms with Crippen LogP contribution in [-0.2, 0) is 16.1 Å². The number of carbonyl (C=O) groups is 1. The minimum Gasteiger partial charge on any atom is -0.375 e. The molecule has 0 spiro atoms. The molecule has 1 aliphatic rings. The Bertz CT molecular complexity index is 788. The number of rotatable bonds is 9. The molecule has 1 heterocycles. The second-order valence-electron chi connectivity index (χ2n) is 9.08. The number of hydrogen-bond acceptors (Lipinski definition) is 3. The summed E-state index contributed by atoms with van der Waals surface area (Å²) in [6.07, 6.45) is 0. The maximum absolute atomic E-state index is 12.7. The SMILES string of the molecule is COCC(=O)N(CC(C)C)CC1CN(Cc2ccccc2)CC1c1ccc(C)cc1. The Hall–Kier alpha value is -2.17. The van der Waals surface area contributed by atoms with Gasteiger partial charge in [-0.3, -0.25) is 9.69 Å². The van der Waals surface area contributed by atoms with Crippen LogP contribution in [0.4, 0.5) is 0 Å². The highest BCUT2D eigenvalue weighted by Gasteiger charge is 2.35. The topological polar surface area (TPSA) is 32.8 Å². The highest BCUT2D eigenvalue weighted by atomic mass is 16.5. The lowest BCUT2D eigenvalue weighted by Gasteiger charge is -2.30. The maximum atomic E-state index is 12.7. The summed E-state index contributed by atoms with van der Waals surface area (Å²) in [5.74, 6) is 1.37. The standard InChI is InChI=1S/C26H36N2O2/c1-20(2)14-28(26(29)19-30-4)17-24-16-27(15-22-8-6-5-7-9-22)18-25(24)23-12-10-21(3)11-13-23/h5-13,20,24-25H,14-19H2,1-4H3. The number of hydrogen-bond donors (Lipinski definition) is 0. The van der Waals surface area contributed by atoms with Crippen LogP contribution in [0.2, 0.25) is 0 Å². The van der Waals surface area contributed by atoms with Crippen molar-refractivity contribution in [2.75, 3.05) is 39.9 Å². The van der Waals surface area contributed by atoms with Gasteiger partial charge in [-0.15, -0.1) is 0 Å². The van der Waals surface area contributed by atoms with E-state index in [1.807, 2.05) is 4.90 Å². The molecule has 0 aromatic heterocycles. The monoisotopic (exact) mass is 408 g/mol. The van der Waals surface area contributed by atoms with Crippen molar-refractivity contribution in [2.24, 2.45) is 11.8 Å². The zero-order valence-electron chi connectivity index (χ0n) is 18.9. The quantitative estimate of drug-likeness (QED) is 0.619. The molecule has 4 heteroatoms. The van der Waals surface area contributed by atoms with Gasteiger partial charge in [0.1, 0.15) is 6.61 Å². The molecular weight excluding hydrogens is 372 g/mol. The van der Waals surface area contributed by atoms with Crippen molar-refractivity contribution < 1.29 is 9.53 Å². The van der Waals surface area contributed by atoms with E-state index < -0.39 is 0 Å². The Kier molecular flexibility index (Phi) is 8.06. The van der Waals surface area contributed by atoms with Gasteiger partial charge >= 0.3 is 0 Å². The number of methoxy groups -OCH3 is 1. The van der Waals surface area contributed by atoms with Crippen molar-refractivity contribution in [3.8, 4) is 0 Å². The zero-order valence-corrected chi connectivity index (χ0v) is 18.9. The summed E-state index contributed by atoms with van der Waals surface area (Å²) in [4.78, 5) is 17.3. The third-order valence-electron chi connectivity index (χ3n) is 5.93. The molecule has 162 valence electrons. The van der Waals surface area contributed by atoms with E-state index in [0.717, 1.165) is 32.7 Å². The lowest BCUT2D eigenvalue weighted by Crippen LogP contribution is -2.41. The Labute approximate surface area is 181 Å². The van der Waals surface area contributed by atoms with Crippen LogP contribution in [0.1, 0.15) is 36.5 Å². The normalized spacial score (nSPS) is 19.4. The molecule has 30 heavy (non-hydrogen) atoms. The minimum absolute atomic E-state index is 0.0929. The molecule has 1 saturated heterocycles. The summed E-state index contributed by atoms with van der Waals surface area (Å²) >= 11 is 0. The molecule has 2 aromatic carbocycles. The average Bonchev–Trinajstić information content (AvgIpc) is 3.11. The second kappa shape index (κ2) is 10.7. The summed E-state index contributed by atoms with van der Waals surface area (Å²) in [5.41, 5.74) is 4.01. The first-order valence-corrected chi connectivity index (χ1v) is 11.1. The van der Waals surface area contributed by atoms with Gasteiger partial charge in [-0.1, -0.05) is 74.0 Å². The molecule has 2 atom stereocenters. The van der Waals surface area contributed by atoms with E-state index in [-0.39, 0.29) is 12.5 Å². The first-order valence-electron chi connectivity index (χ1n) is 11.1. The molecule has 1 amide bonds. The van der Waals surface area contributed by atoms with Gasteiger partial charge in [0.2, 0.25) is 5.91 Å². The van der Waals surface area contributed by atoms with E-state index in [4.69, 9.17) is 4.74 Å². The van der Waals surface area contributed by atoms with Gasteiger partial charge in [0.15, 0.2) is 0 Å². The van der Waals surface area contributed by atoms with Gasteiger partial charge in [0.05, 0.1) is 0 Å². The zero-order chi connectivity index (χ0) is 21.5.